The number of amides is 4. The summed E-state index contributed by atoms with van der Waals surface area (Å²) in [6, 6.07) is 17.5. The summed E-state index contributed by atoms with van der Waals surface area (Å²) < 4.78 is 93.5. The van der Waals surface area contributed by atoms with Crippen LogP contribution in [0.25, 0.3) is 0 Å². The van der Waals surface area contributed by atoms with Gasteiger partial charge < -0.3 is 25.0 Å². The molecule has 2 saturated heterocycles. The van der Waals surface area contributed by atoms with Crippen molar-refractivity contribution in [3.05, 3.63) is 107 Å². The maximum atomic E-state index is 14.0. The van der Waals surface area contributed by atoms with E-state index in [9.17, 15) is 45.8 Å². The molecule has 2 heterocycles. The van der Waals surface area contributed by atoms with Gasteiger partial charge >= 0.3 is 24.5 Å². The molecule has 53 heavy (non-hydrogen) atoms. The largest absolute Gasteiger partial charge is 0.445 e. The van der Waals surface area contributed by atoms with Crippen LogP contribution < -0.4 is 5.32 Å². The second-order valence-corrected chi connectivity index (χ2v) is 13.2. The number of halogens is 7. The van der Waals surface area contributed by atoms with Crippen molar-refractivity contribution in [1.29, 1.82) is 0 Å². The van der Waals surface area contributed by atoms with Crippen molar-refractivity contribution in [2.45, 2.75) is 55.9 Å². The van der Waals surface area contributed by atoms with E-state index >= 15 is 0 Å². The highest BCUT2D eigenvalue weighted by molar-refractivity contribution is 9.09. The fourth-order valence-electron chi connectivity index (χ4n) is 6.20. The molecule has 3 aromatic carbocycles. The van der Waals surface area contributed by atoms with Gasteiger partial charge in [-0.15, -0.1) is 0 Å². The Hall–Kier alpha value is -4.19. The predicted molar refractivity (Wildman–Crippen MR) is 182 cm³/mol. The van der Waals surface area contributed by atoms with Gasteiger partial charge in [0.25, 0.3) is 5.91 Å². The molecule has 3 atom stereocenters. The van der Waals surface area contributed by atoms with E-state index in [4.69, 9.17) is 14.6 Å². The summed E-state index contributed by atoms with van der Waals surface area (Å²) in [4.78, 5) is 42.5. The third-order valence-electron chi connectivity index (χ3n) is 8.95. The predicted octanol–water partition coefficient (Wildman–Crippen LogP) is 6.79. The lowest BCUT2D eigenvalue weighted by atomic mass is 9.74. The molecular formula is C36H38BrF6N3O7. The van der Waals surface area contributed by atoms with Crippen molar-refractivity contribution in [2.75, 3.05) is 38.2 Å². The molecular weight excluding hydrogens is 780 g/mol. The smallest absolute Gasteiger partial charge is 0.416 e. The molecule has 5 rings (SSSR count). The number of ether oxygens (including phenoxy) is 2. The zero-order valence-electron chi connectivity index (χ0n) is 28.4. The number of rotatable bonds is 10. The monoisotopic (exact) mass is 817 g/mol. The Kier molecular flexibility index (Phi) is 13.6. The molecule has 288 valence electrons. The van der Waals surface area contributed by atoms with Gasteiger partial charge in [0.15, 0.2) is 0 Å². The number of nitrogens with zero attached hydrogens (tertiary/aromatic N) is 2. The summed E-state index contributed by atoms with van der Waals surface area (Å²) in [5.41, 5.74) is -5.34. The Morgan fingerprint density at radius 1 is 0.906 bits per heavy atom. The molecule has 1 unspecified atom stereocenters. The number of hydrogen-bond donors (Lipinski definition) is 3. The first kappa shape index (κ1) is 41.6. The van der Waals surface area contributed by atoms with Crippen molar-refractivity contribution in [1.82, 2.24) is 15.1 Å². The van der Waals surface area contributed by atoms with E-state index in [1.54, 1.807) is 60.7 Å². The fraction of sp³-hybridized carbons (Fsp3) is 0.417. The number of carbonyl (C=O) groups is 3. The summed E-state index contributed by atoms with van der Waals surface area (Å²) in [6.45, 7) is -0.275. The SMILES string of the molecule is C[C@@H](OC[C@@]1(c2ccccc2)CCC2(CN1C(=O)OCc1ccccc1)NC(=O)N(CCO)C2=O)c1cc(C(F)(F)F)cc(C(F)(F)F)c1.OCCBr. The molecule has 2 aliphatic heterocycles. The summed E-state index contributed by atoms with van der Waals surface area (Å²) >= 11 is 3.00. The minimum atomic E-state index is -5.07. The van der Waals surface area contributed by atoms with Crippen molar-refractivity contribution >= 4 is 34.0 Å². The van der Waals surface area contributed by atoms with Gasteiger partial charge in [-0.05, 0) is 54.7 Å². The molecule has 3 aromatic rings. The lowest BCUT2D eigenvalue weighted by Gasteiger charge is -2.51. The number of carbonyl (C=O) groups excluding carboxylic acids is 3. The number of benzene rings is 3. The van der Waals surface area contributed by atoms with Crippen molar-refractivity contribution < 1.29 is 60.4 Å². The summed E-state index contributed by atoms with van der Waals surface area (Å²) in [5, 5.41) is 20.6. The standard InChI is InChI=1S/C34H33F6N3O6.C2H5BrO/c1-22(24-16-26(33(35,36)37)18-27(17-24)34(38,39)40)49-21-32(25-10-6-3-7-11-25)13-12-31(28(45)42(14-15-44)29(46)41-31)20-43(32)30(47)48-19-23-8-4-2-5-9-23;3-1-2-4/h2-11,16-18,22,44H,12-15,19-21H2,1H3,(H,41,46);4H,1-2H2/t22-,31?,32-;/m1./s1. The van der Waals surface area contributed by atoms with Crippen LogP contribution >= 0.6 is 15.9 Å². The summed E-state index contributed by atoms with van der Waals surface area (Å²) in [7, 11) is 0. The van der Waals surface area contributed by atoms with Crippen LogP contribution in [0.4, 0.5) is 35.9 Å². The fourth-order valence-corrected chi connectivity index (χ4v) is 6.20. The third-order valence-corrected chi connectivity index (χ3v) is 9.31. The van der Waals surface area contributed by atoms with Crippen LogP contribution in [-0.4, -0.2) is 81.8 Å². The number of piperidine rings is 1. The minimum Gasteiger partial charge on any atom is -0.445 e. The second-order valence-electron chi connectivity index (χ2n) is 12.4. The van der Waals surface area contributed by atoms with Gasteiger partial charge in [0, 0.05) is 5.33 Å². The van der Waals surface area contributed by atoms with Crippen LogP contribution in [0, 0.1) is 0 Å². The van der Waals surface area contributed by atoms with Crippen LogP contribution in [0.2, 0.25) is 0 Å². The number of hydrogen-bond acceptors (Lipinski definition) is 7. The molecule has 0 radical (unpaired) electrons. The van der Waals surface area contributed by atoms with Gasteiger partial charge in [0.2, 0.25) is 0 Å². The molecule has 4 amide bonds. The second kappa shape index (κ2) is 17.3. The van der Waals surface area contributed by atoms with Gasteiger partial charge in [0.1, 0.15) is 12.1 Å². The zero-order chi connectivity index (χ0) is 39.0. The van der Waals surface area contributed by atoms with Crippen LogP contribution in [0.3, 0.4) is 0 Å². The van der Waals surface area contributed by atoms with E-state index in [0.717, 1.165) is 4.90 Å². The number of imide groups is 1. The Morgan fingerprint density at radius 2 is 1.47 bits per heavy atom. The lowest BCUT2D eigenvalue weighted by Crippen LogP contribution is -2.67. The number of nitrogens with one attached hydrogen (secondary N) is 1. The molecule has 0 bridgehead atoms. The van der Waals surface area contributed by atoms with E-state index in [-0.39, 0.29) is 38.7 Å². The first-order valence-electron chi connectivity index (χ1n) is 16.4. The number of aliphatic hydroxyl groups excluding tert-OH is 2. The highest BCUT2D eigenvalue weighted by atomic mass is 79.9. The topological polar surface area (TPSA) is 129 Å². The molecule has 0 aromatic heterocycles. The molecule has 0 saturated carbocycles. The summed E-state index contributed by atoms with van der Waals surface area (Å²) in [5.74, 6) is -0.674. The van der Waals surface area contributed by atoms with E-state index in [2.05, 4.69) is 21.2 Å². The molecule has 2 fully saturated rings. The van der Waals surface area contributed by atoms with Crippen LogP contribution in [0.5, 0.6) is 0 Å². The number of aliphatic hydroxyl groups is 2. The molecule has 0 aliphatic carbocycles. The van der Waals surface area contributed by atoms with Crippen molar-refractivity contribution in [3.8, 4) is 0 Å². The van der Waals surface area contributed by atoms with Gasteiger partial charge in [0.05, 0.1) is 55.7 Å². The molecule has 17 heteroatoms. The first-order chi connectivity index (χ1) is 25.0. The third kappa shape index (κ3) is 9.68. The highest BCUT2D eigenvalue weighted by Gasteiger charge is 2.60. The maximum Gasteiger partial charge on any atom is 0.416 e. The van der Waals surface area contributed by atoms with Gasteiger partial charge in [-0.1, -0.05) is 76.6 Å². The van der Waals surface area contributed by atoms with Crippen LogP contribution in [0.15, 0.2) is 78.9 Å². The van der Waals surface area contributed by atoms with Crippen molar-refractivity contribution in [3.63, 3.8) is 0 Å². The van der Waals surface area contributed by atoms with E-state index in [0.29, 0.717) is 28.6 Å². The average molecular weight is 819 g/mol. The number of urea groups is 1. The van der Waals surface area contributed by atoms with E-state index in [1.165, 1.54) is 11.8 Å². The van der Waals surface area contributed by atoms with E-state index < -0.39 is 84.0 Å². The van der Waals surface area contributed by atoms with Crippen LogP contribution in [0.1, 0.15) is 53.7 Å². The molecule has 2 aliphatic rings. The van der Waals surface area contributed by atoms with Gasteiger partial charge in [-0.3, -0.25) is 14.6 Å². The van der Waals surface area contributed by atoms with Gasteiger partial charge in [-0.2, -0.15) is 26.3 Å². The molecule has 10 nitrogen and oxygen atoms in total. The highest BCUT2D eigenvalue weighted by Crippen LogP contribution is 2.45. The zero-order valence-corrected chi connectivity index (χ0v) is 30.0. The normalized spacial score (nSPS) is 20.9. The Morgan fingerprint density at radius 3 is 2.00 bits per heavy atom. The number of likely N-dealkylation sites (tertiary alicyclic amines) is 1. The number of alkyl halides is 7. The molecule has 1 spiro atoms. The first-order valence-corrected chi connectivity index (χ1v) is 17.5. The quantitative estimate of drug-likeness (QED) is 0.117. The average Bonchev–Trinajstić information content (AvgIpc) is 3.37. The minimum absolute atomic E-state index is 0.0275. The molecule has 3 N–H and O–H groups in total. The van der Waals surface area contributed by atoms with E-state index in [1.807, 2.05) is 0 Å². The summed E-state index contributed by atoms with van der Waals surface area (Å²) in [6.07, 6.45) is -12.4. The Labute approximate surface area is 309 Å². The van der Waals surface area contributed by atoms with Crippen LogP contribution in [-0.2, 0) is 38.8 Å². The number of β-amino-alcohol motifs (C(OH)–C–C–N with tert-alkyl or cyclic N) is 1. The maximum absolute atomic E-state index is 14.0. The lowest BCUT2D eigenvalue weighted by molar-refractivity contribution is -0.143. The Bertz CT molecular complexity index is 1680. The van der Waals surface area contributed by atoms with Gasteiger partial charge in [-0.25, -0.2) is 9.59 Å². The Balaban J connectivity index is 0.00000149. The van der Waals surface area contributed by atoms with Crippen molar-refractivity contribution in [2.24, 2.45) is 0 Å².